The largest absolute Gasteiger partial charge is 0.438 e. The minimum Gasteiger partial charge on any atom is -0.438 e. The Labute approximate surface area is 127 Å². The van der Waals surface area contributed by atoms with Gasteiger partial charge in [0.05, 0.1) is 12.1 Å². The molecule has 4 nitrogen and oxygen atoms in total. The monoisotopic (exact) mass is 316 g/mol. The molecule has 1 rings (SSSR count). The molecular weight excluding hydrogens is 298 g/mol. The number of carbonyl (C=O) groups is 1. The highest BCUT2D eigenvalue weighted by Crippen LogP contribution is 2.22. The first-order valence-corrected chi connectivity index (χ1v) is 7.08. The summed E-state index contributed by atoms with van der Waals surface area (Å²) in [5.74, 6) is -0.0764. The molecule has 1 amide bonds. The van der Waals surface area contributed by atoms with Crippen molar-refractivity contribution in [3.05, 3.63) is 42.0 Å². The average molecular weight is 316 g/mol. The normalized spacial score (nSPS) is 10.4. The van der Waals surface area contributed by atoms with Crippen molar-refractivity contribution < 1.29 is 18.3 Å². The maximum absolute atomic E-state index is 13.9. The second kappa shape index (κ2) is 7.87. The molecule has 116 valence electrons. The van der Waals surface area contributed by atoms with Gasteiger partial charge in [-0.25, -0.2) is 13.5 Å². The Kier molecular flexibility index (Phi) is 6.48. The van der Waals surface area contributed by atoms with Gasteiger partial charge in [-0.1, -0.05) is 19.9 Å². The highest BCUT2D eigenvalue weighted by molar-refractivity contribution is 7.95. The highest BCUT2D eigenvalue weighted by Gasteiger charge is 2.10. The molecule has 7 heteroatoms. The second-order valence-electron chi connectivity index (χ2n) is 4.83. The topological polar surface area (TPSA) is 41.6 Å². The van der Waals surface area contributed by atoms with E-state index in [-0.39, 0.29) is 11.6 Å². The van der Waals surface area contributed by atoms with E-state index in [0.29, 0.717) is 22.4 Å². The molecule has 1 aromatic carbocycles. The zero-order valence-corrected chi connectivity index (χ0v) is 13.0. The molecule has 0 saturated heterocycles. The Balaban J connectivity index is 2.58. The van der Waals surface area contributed by atoms with Crippen molar-refractivity contribution in [2.24, 2.45) is 5.92 Å². The number of hydrogen-bond acceptors (Lipinski definition) is 4. The summed E-state index contributed by atoms with van der Waals surface area (Å²) < 4.78 is 34.5. The number of rotatable bonds is 7. The fourth-order valence-electron chi connectivity index (χ4n) is 1.53. The molecule has 0 aromatic heterocycles. The fourth-order valence-corrected chi connectivity index (χ4v) is 1.89. The van der Waals surface area contributed by atoms with Gasteiger partial charge in [0.15, 0.2) is 17.4 Å². The Hall–Kier alpha value is -1.76. The van der Waals surface area contributed by atoms with Crippen LogP contribution in [0, 0.1) is 11.7 Å². The van der Waals surface area contributed by atoms with Crippen molar-refractivity contribution >= 4 is 18.3 Å². The number of benzene rings is 1. The lowest BCUT2D eigenvalue weighted by molar-refractivity contribution is 0.209. The van der Waals surface area contributed by atoms with Gasteiger partial charge in [-0.15, -0.1) is 4.39 Å². The quantitative estimate of drug-likeness (QED) is 0.357. The van der Waals surface area contributed by atoms with Gasteiger partial charge in [0.25, 0.3) is 0 Å². The molecule has 0 bridgehead atoms. The van der Waals surface area contributed by atoms with E-state index in [1.807, 2.05) is 13.8 Å². The maximum atomic E-state index is 13.9. The van der Waals surface area contributed by atoms with E-state index in [1.165, 1.54) is 19.2 Å². The summed E-state index contributed by atoms with van der Waals surface area (Å²) >= 11 is 0.641. The van der Waals surface area contributed by atoms with Crippen LogP contribution >= 0.6 is 12.1 Å². The number of hydrogen-bond donors (Lipinski definition) is 1. The molecular formula is C14H18F2N2O2S. The van der Waals surface area contributed by atoms with Crippen LogP contribution in [-0.2, 0) is 6.42 Å². The van der Waals surface area contributed by atoms with E-state index in [1.54, 1.807) is 6.07 Å². The van der Waals surface area contributed by atoms with Crippen LogP contribution < -0.4 is 9.46 Å². The summed E-state index contributed by atoms with van der Waals surface area (Å²) in [6, 6.07) is 4.69. The van der Waals surface area contributed by atoms with E-state index < -0.39 is 12.0 Å². The van der Waals surface area contributed by atoms with E-state index >= 15 is 0 Å². The Morgan fingerprint density at radius 2 is 2.19 bits per heavy atom. The van der Waals surface area contributed by atoms with Crippen molar-refractivity contribution in [1.29, 1.82) is 0 Å². The summed E-state index contributed by atoms with van der Waals surface area (Å²) in [6.45, 7) is 7.61. The fraction of sp³-hybridized carbons (Fsp3) is 0.357. The van der Waals surface area contributed by atoms with Crippen molar-refractivity contribution in [2.45, 2.75) is 20.3 Å². The van der Waals surface area contributed by atoms with Crippen molar-refractivity contribution in [3.8, 4) is 5.75 Å². The predicted molar refractivity (Wildman–Crippen MR) is 79.7 cm³/mol. The molecule has 1 aromatic rings. The van der Waals surface area contributed by atoms with Crippen LogP contribution in [0.15, 0.2) is 30.7 Å². The van der Waals surface area contributed by atoms with Crippen LogP contribution in [0.4, 0.5) is 13.6 Å². The third kappa shape index (κ3) is 6.03. The molecule has 0 aliphatic rings. The molecule has 0 saturated carbocycles. The van der Waals surface area contributed by atoms with E-state index in [9.17, 15) is 13.6 Å². The number of nitrogens with zero attached hydrogens (tertiary/aromatic N) is 1. The summed E-state index contributed by atoms with van der Waals surface area (Å²) in [6.07, 6.45) is -0.847. The molecule has 0 aliphatic carbocycles. The number of amides is 1. The summed E-state index contributed by atoms with van der Waals surface area (Å²) in [7, 11) is 1.23. The van der Waals surface area contributed by atoms with Crippen LogP contribution in [0.5, 0.6) is 5.75 Å². The van der Waals surface area contributed by atoms with Gasteiger partial charge in [0.1, 0.15) is 0 Å². The summed E-state index contributed by atoms with van der Waals surface area (Å²) in [5.41, 5.74) is 0.880. The minimum atomic E-state index is -1.62. The first kappa shape index (κ1) is 17.3. The first-order valence-electron chi connectivity index (χ1n) is 6.31. The third-order valence-corrected chi connectivity index (χ3v) is 3.15. The molecule has 0 atom stereocenters. The minimum absolute atomic E-state index is 0.00911. The molecule has 0 spiro atoms. The number of carbonyl (C=O) groups excluding carboxylic acids is 1. The smallest absolute Gasteiger partial charge is 0.411 e. The lowest BCUT2D eigenvalue weighted by Crippen LogP contribution is -2.20. The molecule has 21 heavy (non-hydrogen) atoms. The SMILES string of the molecule is C=C(NSN(C)C(=O)F)Oc1ccc(CC(C)C)cc1F. The number of ether oxygens (including phenoxy) is 1. The van der Waals surface area contributed by atoms with Crippen molar-refractivity contribution in [1.82, 2.24) is 9.03 Å². The first-order chi connectivity index (χ1) is 9.79. The van der Waals surface area contributed by atoms with Crippen molar-refractivity contribution in [3.63, 3.8) is 0 Å². The molecule has 1 N–H and O–H groups in total. The third-order valence-electron chi connectivity index (χ3n) is 2.42. The van der Waals surface area contributed by atoms with E-state index in [2.05, 4.69) is 11.3 Å². The zero-order chi connectivity index (χ0) is 16.0. The molecule has 0 heterocycles. The molecule has 0 unspecified atom stereocenters. The van der Waals surface area contributed by atoms with Gasteiger partial charge in [-0.2, -0.15) is 0 Å². The van der Waals surface area contributed by atoms with Gasteiger partial charge in [-0.05, 0) is 36.6 Å². The Morgan fingerprint density at radius 1 is 1.52 bits per heavy atom. The van der Waals surface area contributed by atoms with E-state index in [0.717, 1.165) is 12.0 Å². The molecule has 0 aliphatic heterocycles. The van der Waals surface area contributed by atoms with Gasteiger partial charge in [-0.3, -0.25) is 4.72 Å². The van der Waals surface area contributed by atoms with Gasteiger partial charge in [0, 0.05) is 7.05 Å². The Bertz CT molecular complexity index is 524. The van der Waals surface area contributed by atoms with Crippen LogP contribution in [-0.4, -0.2) is 17.5 Å². The van der Waals surface area contributed by atoms with Gasteiger partial charge in [0.2, 0.25) is 0 Å². The second-order valence-corrected chi connectivity index (χ2v) is 5.77. The average Bonchev–Trinajstić information content (AvgIpc) is 2.38. The maximum Gasteiger partial charge on any atom is 0.411 e. The van der Waals surface area contributed by atoms with Crippen molar-refractivity contribution in [2.75, 3.05) is 7.05 Å². The standard InChI is InChI=1S/C14H18F2N2O2S/c1-9(2)7-11-5-6-13(12(15)8-11)20-10(3)17-21-18(4)14(16)19/h5-6,8-9,17H,3,7H2,1-2,4H3. The lowest BCUT2D eigenvalue weighted by atomic mass is 10.0. The van der Waals surface area contributed by atoms with Crippen LogP contribution in [0.2, 0.25) is 0 Å². The van der Waals surface area contributed by atoms with E-state index in [4.69, 9.17) is 4.74 Å². The van der Waals surface area contributed by atoms with Gasteiger partial charge < -0.3 is 4.74 Å². The zero-order valence-electron chi connectivity index (χ0n) is 12.2. The lowest BCUT2D eigenvalue weighted by Gasteiger charge is -2.15. The number of nitrogens with one attached hydrogen (secondary N) is 1. The molecule has 0 fully saturated rings. The summed E-state index contributed by atoms with van der Waals surface area (Å²) in [5, 5.41) is 0. The predicted octanol–water partition coefficient (Wildman–Crippen LogP) is 4.05. The number of halogens is 2. The Morgan fingerprint density at radius 3 is 2.71 bits per heavy atom. The van der Waals surface area contributed by atoms with Gasteiger partial charge >= 0.3 is 6.16 Å². The van der Waals surface area contributed by atoms with Crippen LogP contribution in [0.25, 0.3) is 0 Å². The molecule has 0 radical (unpaired) electrons. The summed E-state index contributed by atoms with van der Waals surface area (Å²) in [4.78, 5) is 10.4. The highest BCUT2D eigenvalue weighted by atomic mass is 32.2. The van der Waals surface area contributed by atoms with Crippen LogP contribution in [0.3, 0.4) is 0 Å². The van der Waals surface area contributed by atoms with Crippen LogP contribution in [0.1, 0.15) is 19.4 Å².